The zero-order chi connectivity index (χ0) is 16.0. The molecule has 118 valence electrons. The van der Waals surface area contributed by atoms with Crippen LogP contribution in [0, 0.1) is 26.2 Å². The molecule has 0 aliphatic rings. The number of aryl methyl sites for hydroxylation is 3. The first-order chi connectivity index (χ1) is 9.86. The molecule has 0 heterocycles. The number of carboxylic acids is 1. The van der Waals surface area contributed by atoms with E-state index in [1.165, 1.54) is 5.56 Å². The van der Waals surface area contributed by atoms with Crippen molar-refractivity contribution in [1.29, 1.82) is 0 Å². The highest BCUT2D eigenvalue weighted by Gasteiger charge is 2.33. The molecule has 3 nitrogen and oxygen atoms in total. The molecule has 21 heavy (non-hydrogen) atoms. The summed E-state index contributed by atoms with van der Waals surface area (Å²) in [4.78, 5) is 11.5. The maximum absolute atomic E-state index is 11.5. The summed E-state index contributed by atoms with van der Waals surface area (Å²) in [6.07, 6.45) is 2.77. The molecule has 0 atom stereocenters. The molecule has 0 unspecified atom stereocenters. The molecule has 0 bridgehead atoms. The Balaban J connectivity index is 2.60. The lowest BCUT2D eigenvalue weighted by molar-refractivity contribution is -0.150. The number of hydrogen-bond donors (Lipinski definition) is 1. The fourth-order valence-electron chi connectivity index (χ4n) is 2.99. The minimum absolute atomic E-state index is 0.569. The van der Waals surface area contributed by atoms with E-state index >= 15 is 0 Å². The first kappa shape index (κ1) is 17.5. The molecular formula is C18H28O3. The number of aliphatic carboxylic acids is 1. The van der Waals surface area contributed by atoms with Crippen molar-refractivity contribution in [1.82, 2.24) is 0 Å². The lowest BCUT2D eigenvalue weighted by atomic mass is 9.78. The summed E-state index contributed by atoms with van der Waals surface area (Å²) in [5.74, 6) is 0.254. The summed E-state index contributed by atoms with van der Waals surface area (Å²) in [7, 11) is 0. The monoisotopic (exact) mass is 292 g/mol. The van der Waals surface area contributed by atoms with Crippen LogP contribution in [-0.4, -0.2) is 17.7 Å². The average molecular weight is 292 g/mol. The van der Waals surface area contributed by atoms with Crippen LogP contribution in [0.1, 0.15) is 56.2 Å². The van der Waals surface area contributed by atoms with Crippen molar-refractivity contribution in [2.45, 2.75) is 60.3 Å². The molecule has 1 aromatic carbocycles. The number of carbonyl (C=O) groups is 1. The predicted molar refractivity (Wildman–Crippen MR) is 86.0 cm³/mol. The molecule has 0 saturated heterocycles. The highest BCUT2D eigenvalue weighted by Crippen LogP contribution is 2.32. The molecule has 0 aromatic heterocycles. The number of ether oxygens (including phenoxy) is 1. The molecular weight excluding hydrogens is 264 g/mol. The van der Waals surface area contributed by atoms with Crippen molar-refractivity contribution >= 4 is 5.97 Å². The van der Waals surface area contributed by atoms with Crippen molar-refractivity contribution in [3.8, 4) is 5.75 Å². The highest BCUT2D eigenvalue weighted by atomic mass is 16.5. The van der Waals surface area contributed by atoms with Crippen molar-refractivity contribution in [2.75, 3.05) is 6.61 Å². The van der Waals surface area contributed by atoms with Crippen molar-refractivity contribution in [3.63, 3.8) is 0 Å². The second kappa shape index (κ2) is 7.48. The van der Waals surface area contributed by atoms with Gasteiger partial charge in [0, 0.05) is 0 Å². The topological polar surface area (TPSA) is 46.5 Å². The van der Waals surface area contributed by atoms with Gasteiger partial charge in [0.15, 0.2) is 0 Å². The minimum atomic E-state index is -0.685. The third-order valence-electron chi connectivity index (χ3n) is 4.46. The molecule has 0 aliphatic carbocycles. The zero-order valence-corrected chi connectivity index (χ0v) is 14.0. The quantitative estimate of drug-likeness (QED) is 0.709. The Morgan fingerprint density at radius 1 is 1.14 bits per heavy atom. The van der Waals surface area contributed by atoms with E-state index in [4.69, 9.17) is 4.74 Å². The van der Waals surface area contributed by atoms with Gasteiger partial charge in [-0.05, 0) is 57.6 Å². The van der Waals surface area contributed by atoms with Crippen LogP contribution in [0.25, 0.3) is 0 Å². The molecule has 1 N–H and O–H groups in total. The molecule has 0 fully saturated rings. The van der Waals surface area contributed by atoms with Crippen LogP contribution < -0.4 is 4.74 Å². The van der Waals surface area contributed by atoms with E-state index in [1.807, 2.05) is 13.8 Å². The summed E-state index contributed by atoms with van der Waals surface area (Å²) in [6, 6.07) is 4.23. The summed E-state index contributed by atoms with van der Waals surface area (Å²) < 4.78 is 5.89. The Bertz CT molecular complexity index is 464. The number of hydrogen-bond acceptors (Lipinski definition) is 2. The fraction of sp³-hybridized carbons (Fsp3) is 0.611. The summed E-state index contributed by atoms with van der Waals surface area (Å²) in [5, 5.41) is 9.42. The summed E-state index contributed by atoms with van der Waals surface area (Å²) in [6.45, 7) is 10.6. The standard InChI is InChI=1S/C18H28O3/c1-6-18(7-2,17(19)20)9-8-10-21-16-14(4)11-13(3)12-15(16)5/h11-12H,6-10H2,1-5H3,(H,19,20). The first-order valence-corrected chi connectivity index (χ1v) is 7.80. The summed E-state index contributed by atoms with van der Waals surface area (Å²) >= 11 is 0. The van der Waals surface area contributed by atoms with Crippen molar-refractivity contribution in [2.24, 2.45) is 5.41 Å². The van der Waals surface area contributed by atoms with Crippen LogP contribution in [0.15, 0.2) is 12.1 Å². The van der Waals surface area contributed by atoms with E-state index in [2.05, 4.69) is 32.9 Å². The molecule has 1 rings (SSSR count). The van der Waals surface area contributed by atoms with Gasteiger partial charge in [-0.15, -0.1) is 0 Å². The molecule has 1 aromatic rings. The second-order valence-corrected chi connectivity index (χ2v) is 5.97. The van der Waals surface area contributed by atoms with E-state index in [9.17, 15) is 9.90 Å². The van der Waals surface area contributed by atoms with Crippen LogP contribution in [0.3, 0.4) is 0 Å². The Labute approximate surface area is 128 Å². The molecule has 0 spiro atoms. The molecule has 3 heteroatoms. The lowest BCUT2D eigenvalue weighted by Gasteiger charge is -2.26. The minimum Gasteiger partial charge on any atom is -0.493 e. The molecule has 0 radical (unpaired) electrons. The Kier molecular flexibility index (Phi) is 6.25. The number of carboxylic acid groups (broad SMARTS) is 1. The largest absolute Gasteiger partial charge is 0.493 e. The normalized spacial score (nSPS) is 11.5. The van der Waals surface area contributed by atoms with Gasteiger partial charge in [0.05, 0.1) is 12.0 Å². The maximum Gasteiger partial charge on any atom is 0.309 e. The Morgan fingerprint density at radius 2 is 1.67 bits per heavy atom. The first-order valence-electron chi connectivity index (χ1n) is 7.80. The highest BCUT2D eigenvalue weighted by molar-refractivity contribution is 5.74. The van der Waals surface area contributed by atoms with Gasteiger partial charge in [-0.3, -0.25) is 4.79 Å². The van der Waals surface area contributed by atoms with Crippen LogP contribution in [0.5, 0.6) is 5.75 Å². The fourth-order valence-corrected chi connectivity index (χ4v) is 2.99. The van der Waals surface area contributed by atoms with E-state index in [0.29, 0.717) is 25.9 Å². The van der Waals surface area contributed by atoms with E-state index in [0.717, 1.165) is 23.3 Å². The van der Waals surface area contributed by atoms with Gasteiger partial charge < -0.3 is 9.84 Å². The number of rotatable bonds is 8. The van der Waals surface area contributed by atoms with Gasteiger partial charge in [-0.2, -0.15) is 0 Å². The molecule has 0 amide bonds. The second-order valence-electron chi connectivity index (χ2n) is 5.97. The zero-order valence-electron chi connectivity index (χ0n) is 14.0. The van der Waals surface area contributed by atoms with E-state index in [-0.39, 0.29) is 0 Å². The van der Waals surface area contributed by atoms with Crippen LogP contribution in [0.4, 0.5) is 0 Å². The van der Waals surface area contributed by atoms with Gasteiger partial charge >= 0.3 is 5.97 Å². The van der Waals surface area contributed by atoms with E-state index in [1.54, 1.807) is 0 Å². The van der Waals surface area contributed by atoms with Gasteiger partial charge in [0.1, 0.15) is 5.75 Å². The Hall–Kier alpha value is -1.51. The van der Waals surface area contributed by atoms with Gasteiger partial charge in [-0.1, -0.05) is 31.5 Å². The molecule has 0 saturated carbocycles. The van der Waals surface area contributed by atoms with Crippen molar-refractivity contribution in [3.05, 3.63) is 28.8 Å². The SMILES string of the molecule is CCC(CC)(CCCOc1c(C)cc(C)cc1C)C(=O)O. The smallest absolute Gasteiger partial charge is 0.309 e. The van der Waals surface area contributed by atoms with Crippen molar-refractivity contribution < 1.29 is 14.6 Å². The Morgan fingerprint density at radius 3 is 2.10 bits per heavy atom. The van der Waals surface area contributed by atoms with Gasteiger partial charge in [-0.25, -0.2) is 0 Å². The maximum atomic E-state index is 11.5. The number of benzene rings is 1. The average Bonchev–Trinajstić information content (AvgIpc) is 2.41. The van der Waals surface area contributed by atoms with Crippen LogP contribution >= 0.6 is 0 Å². The predicted octanol–water partition coefficient (Wildman–Crippen LogP) is 4.66. The lowest BCUT2D eigenvalue weighted by Crippen LogP contribution is -2.30. The summed E-state index contributed by atoms with van der Waals surface area (Å²) in [5.41, 5.74) is 2.92. The van der Waals surface area contributed by atoms with Crippen LogP contribution in [0.2, 0.25) is 0 Å². The van der Waals surface area contributed by atoms with Crippen LogP contribution in [-0.2, 0) is 4.79 Å². The van der Waals surface area contributed by atoms with Gasteiger partial charge in [0.2, 0.25) is 0 Å². The van der Waals surface area contributed by atoms with E-state index < -0.39 is 11.4 Å². The van der Waals surface area contributed by atoms with Gasteiger partial charge in [0.25, 0.3) is 0 Å². The molecule has 0 aliphatic heterocycles. The third-order valence-corrected chi connectivity index (χ3v) is 4.46. The third kappa shape index (κ3) is 4.23.